The molecule has 0 radical (unpaired) electrons. The minimum absolute atomic E-state index is 0.106. The Bertz CT molecular complexity index is 630. The molecule has 0 spiro atoms. The van der Waals surface area contributed by atoms with Crippen molar-refractivity contribution in [1.82, 2.24) is 9.97 Å². The van der Waals surface area contributed by atoms with E-state index in [1.54, 1.807) is 19.2 Å². The summed E-state index contributed by atoms with van der Waals surface area (Å²) in [6.07, 6.45) is 2.90. The molecule has 0 aliphatic heterocycles. The standard InChI is InChI=1S/C13H15N5O2/c1-20-10-3-2-8(6-9(10)14)7-18-13-11(12(15)19)16-4-5-17-13/h2-6H,7,14H2,1H3,(H2,15,19)(H,17,18). The van der Waals surface area contributed by atoms with Crippen LogP contribution in [0.4, 0.5) is 11.5 Å². The molecular formula is C13H15N5O2. The summed E-state index contributed by atoms with van der Waals surface area (Å²) in [7, 11) is 1.56. The van der Waals surface area contributed by atoms with Crippen LogP contribution in [0.15, 0.2) is 30.6 Å². The number of rotatable bonds is 5. The summed E-state index contributed by atoms with van der Waals surface area (Å²) < 4.78 is 5.08. The number of hydrogen-bond donors (Lipinski definition) is 3. The van der Waals surface area contributed by atoms with Crippen LogP contribution in [0.3, 0.4) is 0 Å². The van der Waals surface area contributed by atoms with E-state index in [2.05, 4.69) is 15.3 Å². The zero-order valence-electron chi connectivity index (χ0n) is 11.0. The van der Waals surface area contributed by atoms with Crippen molar-refractivity contribution in [2.24, 2.45) is 5.73 Å². The molecule has 0 saturated heterocycles. The predicted molar refractivity (Wildman–Crippen MR) is 75.3 cm³/mol. The van der Waals surface area contributed by atoms with E-state index in [1.807, 2.05) is 6.07 Å². The average molecular weight is 273 g/mol. The fourth-order valence-corrected chi connectivity index (χ4v) is 1.73. The van der Waals surface area contributed by atoms with E-state index in [1.165, 1.54) is 12.4 Å². The van der Waals surface area contributed by atoms with Gasteiger partial charge in [0, 0.05) is 18.9 Å². The lowest BCUT2D eigenvalue weighted by molar-refractivity contribution is 0.0996. The molecule has 0 fully saturated rings. The van der Waals surface area contributed by atoms with Gasteiger partial charge in [0.25, 0.3) is 5.91 Å². The minimum atomic E-state index is -0.630. The first kappa shape index (κ1) is 13.6. The SMILES string of the molecule is COc1ccc(CNc2nccnc2C(N)=O)cc1N. The molecule has 104 valence electrons. The number of benzene rings is 1. The molecule has 1 aromatic heterocycles. The first-order valence-corrected chi connectivity index (χ1v) is 5.89. The van der Waals surface area contributed by atoms with Crippen molar-refractivity contribution >= 4 is 17.4 Å². The van der Waals surface area contributed by atoms with Crippen molar-refractivity contribution in [2.75, 3.05) is 18.2 Å². The number of nitrogens with two attached hydrogens (primary N) is 2. The van der Waals surface area contributed by atoms with E-state index in [0.29, 0.717) is 23.8 Å². The highest BCUT2D eigenvalue weighted by molar-refractivity contribution is 5.95. The quantitative estimate of drug-likeness (QED) is 0.693. The third-order valence-corrected chi connectivity index (χ3v) is 2.69. The zero-order chi connectivity index (χ0) is 14.5. The Kier molecular flexibility index (Phi) is 3.99. The van der Waals surface area contributed by atoms with Gasteiger partial charge in [-0.3, -0.25) is 4.79 Å². The number of methoxy groups -OCH3 is 1. The largest absolute Gasteiger partial charge is 0.495 e. The Morgan fingerprint density at radius 2 is 2.10 bits per heavy atom. The van der Waals surface area contributed by atoms with Gasteiger partial charge in [0.15, 0.2) is 11.5 Å². The summed E-state index contributed by atoms with van der Waals surface area (Å²) >= 11 is 0. The lowest BCUT2D eigenvalue weighted by Gasteiger charge is -2.10. The van der Waals surface area contributed by atoms with Gasteiger partial charge < -0.3 is 21.5 Å². The highest BCUT2D eigenvalue weighted by atomic mass is 16.5. The van der Waals surface area contributed by atoms with Crippen LogP contribution in [0.5, 0.6) is 5.75 Å². The monoisotopic (exact) mass is 273 g/mol. The number of ether oxygens (including phenoxy) is 1. The van der Waals surface area contributed by atoms with Crippen LogP contribution in [0, 0.1) is 0 Å². The van der Waals surface area contributed by atoms with Crippen LogP contribution < -0.4 is 21.5 Å². The molecule has 0 aliphatic carbocycles. The van der Waals surface area contributed by atoms with Gasteiger partial charge in [0.2, 0.25) is 0 Å². The van der Waals surface area contributed by atoms with E-state index < -0.39 is 5.91 Å². The summed E-state index contributed by atoms with van der Waals surface area (Å²) in [5.41, 5.74) is 12.6. The number of nitrogens with one attached hydrogen (secondary N) is 1. The van der Waals surface area contributed by atoms with E-state index in [9.17, 15) is 4.79 Å². The van der Waals surface area contributed by atoms with Crippen LogP contribution in [0.2, 0.25) is 0 Å². The average Bonchev–Trinajstić information content (AvgIpc) is 2.45. The lowest BCUT2D eigenvalue weighted by atomic mass is 10.2. The van der Waals surface area contributed by atoms with Crippen LogP contribution in [-0.4, -0.2) is 23.0 Å². The highest BCUT2D eigenvalue weighted by Crippen LogP contribution is 2.22. The Morgan fingerprint density at radius 1 is 1.35 bits per heavy atom. The van der Waals surface area contributed by atoms with Crippen molar-refractivity contribution < 1.29 is 9.53 Å². The molecule has 1 aromatic carbocycles. The number of hydrogen-bond acceptors (Lipinski definition) is 6. The second kappa shape index (κ2) is 5.87. The summed E-state index contributed by atoms with van der Waals surface area (Å²) in [5, 5.41) is 3.00. The molecule has 1 heterocycles. The number of carbonyl (C=O) groups is 1. The van der Waals surface area contributed by atoms with E-state index >= 15 is 0 Å². The maximum Gasteiger partial charge on any atom is 0.271 e. The Hall–Kier alpha value is -2.83. The third kappa shape index (κ3) is 2.94. The topological polar surface area (TPSA) is 116 Å². The van der Waals surface area contributed by atoms with Crippen LogP contribution in [-0.2, 0) is 6.54 Å². The van der Waals surface area contributed by atoms with E-state index in [-0.39, 0.29) is 5.69 Å². The summed E-state index contributed by atoms with van der Waals surface area (Å²) in [6.45, 7) is 0.438. The Balaban J connectivity index is 2.13. The van der Waals surface area contributed by atoms with Gasteiger partial charge in [-0.1, -0.05) is 6.07 Å². The van der Waals surface area contributed by atoms with Crippen LogP contribution in [0.25, 0.3) is 0 Å². The molecule has 0 saturated carbocycles. The maximum absolute atomic E-state index is 11.2. The number of aromatic nitrogens is 2. The molecule has 2 aromatic rings. The van der Waals surface area contributed by atoms with Gasteiger partial charge >= 0.3 is 0 Å². The smallest absolute Gasteiger partial charge is 0.271 e. The van der Waals surface area contributed by atoms with Gasteiger partial charge in [-0.25, -0.2) is 9.97 Å². The molecule has 0 aliphatic rings. The van der Waals surface area contributed by atoms with Crippen molar-refractivity contribution in [2.45, 2.75) is 6.54 Å². The molecule has 0 atom stereocenters. The van der Waals surface area contributed by atoms with Crippen LogP contribution in [0.1, 0.15) is 16.1 Å². The maximum atomic E-state index is 11.2. The summed E-state index contributed by atoms with van der Waals surface area (Å²) in [4.78, 5) is 19.1. The Labute approximate surface area is 116 Å². The number of nitrogens with zero attached hydrogens (tertiary/aromatic N) is 2. The van der Waals surface area contributed by atoms with Gasteiger partial charge in [0.05, 0.1) is 12.8 Å². The zero-order valence-corrected chi connectivity index (χ0v) is 11.0. The fourth-order valence-electron chi connectivity index (χ4n) is 1.73. The van der Waals surface area contributed by atoms with Gasteiger partial charge in [-0.15, -0.1) is 0 Å². The minimum Gasteiger partial charge on any atom is -0.495 e. The van der Waals surface area contributed by atoms with Gasteiger partial charge in [-0.2, -0.15) is 0 Å². The molecule has 20 heavy (non-hydrogen) atoms. The number of anilines is 2. The van der Waals surface area contributed by atoms with Gasteiger partial charge in [-0.05, 0) is 17.7 Å². The molecular weight excluding hydrogens is 258 g/mol. The summed E-state index contributed by atoms with van der Waals surface area (Å²) in [5.74, 6) is 0.329. The number of primary amides is 1. The third-order valence-electron chi connectivity index (χ3n) is 2.69. The Morgan fingerprint density at radius 3 is 2.75 bits per heavy atom. The first-order chi connectivity index (χ1) is 9.61. The molecule has 0 unspecified atom stereocenters. The molecule has 0 bridgehead atoms. The van der Waals surface area contributed by atoms with Crippen molar-refractivity contribution in [1.29, 1.82) is 0 Å². The van der Waals surface area contributed by atoms with E-state index in [0.717, 1.165) is 5.56 Å². The van der Waals surface area contributed by atoms with E-state index in [4.69, 9.17) is 16.2 Å². The number of nitrogen functional groups attached to an aromatic ring is 1. The normalized spacial score (nSPS) is 10.1. The van der Waals surface area contributed by atoms with Crippen molar-refractivity contribution in [3.63, 3.8) is 0 Å². The van der Waals surface area contributed by atoms with Crippen molar-refractivity contribution in [3.8, 4) is 5.75 Å². The second-order valence-corrected chi connectivity index (χ2v) is 4.05. The van der Waals surface area contributed by atoms with Gasteiger partial charge in [0.1, 0.15) is 5.75 Å². The molecule has 1 amide bonds. The second-order valence-electron chi connectivity index (χ2n) is 4.05. The lowest BCUT2D eigenvalue weighted by Crippen LogP contribution is -2.17. The highest BCUT2D eigenvalue weighted by Gasteiger charge is 2.10. The molecule has 7 heteroatoms. The number of carbonyl (C=O) groups excluding carboxylic acids is 1. The fraction of sp³-hybridized carbons (Fsp3) is 0.154. The number of amides is 1. The van der Waals surface area contributed by atoms with Crippen molar-refractivity contribution in [3.05, 3.63) is 41.9 Å². The predicted octanol–water partition coefficient (Wildman–Crippen LogP) is 0.778. The molecule has 2 rings (SSSR count). The molecule has 7 nitrogen and oxygen atoms in total. The first-order valence-electron chi connectivity index (χ1n) is 5.89. The summed E-state index contributed by atoms with van der Waals surface area (Å²) in [6, 6.07) is 5.42. The molecule has 5 N–H and O–H groups in total. The van der Waals surface area contributed by atoms with Crippen LogP contribution >= 0.6 is 0 Å².